The molecule has 0 spiro atoms. The molecule has 1 atom stereocenters. The van der Waals surface area contributed by atoms with Crippen LogP contribution < -0.4 is 9.47 Å². The van der Waals surface area contributed by atoms with Crippen molar-refractivity contribution in [2.75, 3.05) is 7.11 Å². The van der Waals surface area contributed by atoms with Crippen molar-refractivity contribution in [2.24, 2.45) is 5.18 Å². The van der Waals surface area contributed by atoms with Gasteiger partial charge in [-0.2, -0.15) is 13.2 Å². The number of methoxy groups -OCH3 is 1. The Bertz CT molecular complexity index is 642. The fraction of sp³-hybridized carbons (Fsp3) is 0.250. The van der Waals surface area contributed by atoms with Crippen molar-refractivity contribution < 1.29 is 27.4 Å². The van der Waals surface area contributed by atoms with Gasteiger partial charge in [0, 0.05) is 16.8 Å². The summed E-state index contributed by atoms with van der Waals surface area (Å²) in [5.74, 6) is -1.54. The molecule has 1 heterocycles. The number of amides is 1. The van der Waals surface area contributed by atoms with E-state index in [1.165, 1.54) is 19.2 Å². The van der Waals surface area contributed by atoms with Gasteiger partial charge in [-0.15, -0.1) is 4.91 Å². The van der Waals surface area contributed by atoms with Gasteiger partial charge in [-0.05, 0) is 12.1 Å². The lowest BCUT2D eigenvalue weighted by atomic mass is 10.0. The first-order valence-electron chi connectivity index (χ1n) is 5.48. The predicted molar refractivity (Wildman–Crippen MR) is 67.3 cm³/mol. The number of benzene rings is 1. The molecular weight excluding hydrogens is 315 g/mol. The first-order valence-corrected chi connectivity index (χ1v) is 5.86. The largest absolute Gasteiger partial charge is 0.497 e. The van der Waals surface area contributed by atoms with Crippen molar-refractivity contribution in [1.29, 1.82) is 0 Å². The summed E-state index contributed by atoms with van der Waals surface area (Å²) in [5, 5.41) is 1.90. The van der Waals surface area contributed by atoms with E-state index in [0.29, 0.717) is 0 Å². The fourth-order valence-electron chi connectivity index (χ4n) is 1.83. The SMILES string of the molecule is COc1cc(Cl)c2c(c1)C=C(C(=O)N=O)C(C(F)(F)F)O2. The quantitative estimate of drug-likeness (QED) is 0.784. The molecule has 5 nitrogen and oxygen atoms in total. The van der Waals surface area contributed by atoms with Gasteiger partial charge in [-0.3, -0.25) is 4.79 Å². The highest BCUT2D eigenvalue weighted by molar-refractivity contribution is 6.32. The average Bonchev–Trinajstić information content (AvgIpc) is 2.43. The van der Waals surface area contributed by atoms with Crippen LogP contribution in [0.5, 0.6) is 11.5 Å². The highest BCUT2D eigenvalue weighted by Gasteiger charge is 2.49. The standard InChI is InChI=1S/C12H7ClF3NO4/c1-20-6-2-5-3-7(11(18)17-19)10(12(14,15)16)21-9(5)8(13)4-6/h2-4,10H,1H3. The third-order valence-electron chi connectivity index (χ3n) is 2.74. The maximum Gasteiger partial charge on any atom is 0.429 e. The number of hydrogen-bond donors (Lipinski definition) is 0. The molecule has 0 bridgehead atoms. The second-order valence-electron chi connectivity index (χ2n) is 4.06. The summed E-state index contributed by atoms with van der Waals surface area (Å²) in [6.45, 7) is 0. The first-order chi connectivity index (χ1) is 9.77. The minimum Gasteiger partial charge on any atom is -0.497 e. The summed E-state index contributed by atoms with van der Waals surface area (Å²) in [6.07, 6.45) is -6.62. The Morgan fingerprint density at radius 1 is 1.43 bits per heavy atom. The topological polar surface area (TPSA) is 65.0 Å². The summed E-state index contributed by atoms with van der Waals surface area (Å²) >= 11 is 5.83. The summed E-state index contributed by atoms with van der Waals surface area (Å²) < 4.78 is 48.5. The molecule has 1 aromatic rings. The van der Waals surface area contributed by atoms with E-state index in [2.05, 4.69) is 0 Å². The molecule has 1 aliphatic rings. The summed E-state index contributed by atoms with van der Waals surface area (Å²) in [7, 11) is 1.34. The Morgan fingerprint density at radius 3 is 2.62 bits per heavy atom. The zero-order valence-corrected chi connectivity index (χ0v) is 11.2. The van der Waals surface area contributed by atoms with E-state index >= 15 is 0 Å². The number of carbonyl (C=O) groups is 1. The molecule has 21 heavy (non-hydrogen) atoms. The van der Waals surface area contributed by atoms with Crippen LogP contribution in [0.15, 0.2) is 22.9 Å². The molecule has 1 aliphatic heterocycles. The van der Waals surface area contributed by atoms with Crippen LogP contribution in [0.2, 0.25) is 5.02 Å². The molecule has 112 valence electrons. The summed E-state index contributed by atoms with van der Waals surface area (Å²) in [4.78, 5) is 21.5. The maximum absolute atomic E-state index is 12.9. The second-order valence-corrected chi connectivity index (χ2v) is 4.47. The lowest BCUT2D eigenvalue weighted by Gasteiger charge is -2.27. The third-order valence-corrected chi connectivity index (χ3v) is 3.02. The molecule has 1 aromatic carbocycles. The molecule has 0 saturated carbocycles. The van der Waals surface area contributed by atoms with Crippen LogP contribution in [0.3, 0.4) is 0 Å². The van der Waals surface area contributed by atoms with E-state index in [9.17, 15) is 22.9 Å². The minimum atomic E-state index is -4.90. The molecule has 0 N–H and O–H groups in total. The van der Waals surface area contributed by atoms with Gasteiger partial charge in [0.05, 0.1) is 17.7 Å². The van der Waals surface area contributed by atoms with Crippen molar-refractivity contribution >= 4 is 23.6 Å². The highest BCUT2D eigenvalue weighted by atomic mass is 35.5. The predicted octanol–water partition coefficient (Wildman–Crippen LogP) is 3.35. The molecule has 9 heteroatoms. The average molecular weight is 322 g/mol. The number of carbonyl (C=O) groups excluding carboxylic acids is 1. The summed E-state index contributed by atoms with van der Waals surface area (Å²) in [5.41, 5.74) is -0.818. The van der Waals surface area contributed by atoms with Crippen LogP contribution in [0, 0.1) is 4.91 Å². The van der Waals surface area contributed by atoms with Crippen molar-refractivity contribution in [3.8, 4) is 11.5 Å². The number of fused-ring (bicyclic) bond motifs is 1. The number of hydrogen-bond acceptors (Lipinski definition) is 4. The first kappa shape index (κ1) is 15.3. The number of nitroso groups, excluding NO2 is 1. The molecule has 0 radical (unpaired) electrons. The smallest absolute Gasteiger partial charge is 0.429 e. The fourth-order valence-corrected chi connectivity index (χ4v) is 2.09. The molecule has 0 saturated heterocycles. The van der Waals surface area contributed by atoms with Gasteiger partial charge in [0.2, 0.25) is 6.10 Å². The van der Waals surface area contributed by atoms with Gasteiger partial charge in [0.15, 0.2) is 0 Å². The van der Waals surface area contributed by atoms with Gasteiger partial charge in [0.25, 0.3) is 0 Å². The van der Waals surface area contributed by atoms with Crippen LogP contribution in [-0.2, 0) is 4.79 Å². The Balaban J connectivity index is 2.62. The molecule has 0 fully saturated rings. The van der Waals surface area contributed by atoms with Gasteiger partial charge < -0.3 is 9.47 Å². The second kappa shape index (κ2) is 5.36. The highest BCUT2D eigenvalue weighted by Crippen LogP contribution is 2.42. The van der Waals surface area contributed by atoms with E-state index < -0.39 is 23.8 Å². The zero-order valence-electron chi connectivity index (χ0n) is 10.4. The van der Waals surface area contributed by atoms with Crippen LogP contribution >= 0.6 is 11.6 Å². The molecule has 0 aromatic heterocycles. The van der Waals surface area contributed by atoms with Crippen molar-refractivity contribution in [3.63, 3.8) is 0 Å². The van der Waals surface area contributed by atoms with Gasteiger partial charge in [-0.25, -0.2) is 0 Å². The molecule has 2 rings (SSSR count). The lowest BCUT2D eigenvalue weighted by molar-refractivity contribution is -0.185. The molecule has 0 aliphatic carbocycles. The number of ether oxygens (including phenoxy) is 2. The van der Waals surface area contributed by atoms with Crippen molar-refractivity contribution in [1.82, 2.24) is 0 Å². The summed E-state index contributed by atoms with van der Waals surface area (Å²) in [6, 6.07) is 2.60. The van der Waals surface area contributed by atoms with Crippen LogP contribution in [0.4, 0.5) is 13.2 Å². The zero-order chi connectivity index (χ0) is 15.8. The monoisotopic (exact) mass is 321 g/mol. The van der Waals surface area contributed by atoms with E-state index in [0.717, 1.165) is 6.08 Å². The molecule has 1 amide bonds. The number of alkyl halides is 3. The van der Waals surface area contributed by atoms with Crippen molar-refractivity contribution in [3.05, 3.63) is 33.2 Å². The lowest BCUT2D eigenvalue weighted by Crippen LogP contribution is -2.40. The number of nitrogens with zero attached hydrogens (tertiary/aromatic N) is 1. The molecule has 1 unspecified atom stereocenters. The van der Waals surface area contributed by atoms with E-state index in [-0.39, 0.29) is 22.1 Å². The maximum atomic E-state index is 12.9. The number of rotatable bonds is 2. The Kier molecular flexibility index (Phi) is 3.91. The van der Waals surface area contributed by atoms with Gasteiger partial charge >= 0.3 is 12.1 Å². The number of halogens is 4. The minimum absolute atomic E-state index is 0.0897. The van der Waals surface area contributed by atoms with Gasteiger partial charge in [-0.1, -0.05) is 11.6 Å². The van der Waals surface area contributed by atoms with E-state index in [4.69, 9.17) is 21.1 Å². The van der Waals surface area contributed by atoms with Crippen LogP contribution in [-0.4, -0.2) is 25.3 Å². The Morgan fingerprint density at radius 2 is 2.10 bits per heavy atom. The Hall–Kier alpha value is -2.09. The van der Waals surface area contributed by atoms with Crippen LogP contribution in [0.1, 0.15) is 5.56 Å². The molecular formula is C12H7ClF3NO4. The van der Waals surface area contributed by atoms with E-state index in [1.807, 2.05) is 5.18 Å². The normalized spacial score (nSPS) is 17.4. The third kappa shape index (κ3) is 2.85. The van der Waals surface area contributed by atoms with E-state index in [1.54, 1.807) is 0 Å². The van der Waals surface area contributed by atoms with Gasteiger partial charge in [0.1, 0.15) is 11.5 Å². The van der Waals surface area contributed by atoms with Crippen molar-refractivity contribution in [2.45, 2.75) is 12.3 Å². The Labute approximate surface area is 121 Å². The van der Waals surface area contributed by atoms with Crippen LogP contribution in [0.25, 0.3) is 6.08 Å².